The van der Waals surface area contributed by atoms with Gasteiger partial charge in [0.1, 0.15) is 17.7 Å². The maximum atomic E-state index is 8.95. The van der Waals surface area contributed by atoms with Gasteiger partial charge in [-0.15, -0.1) is 0 Å². The summed E-state index contributed by atoms with van der Waals surface area (Å²) in [4.78, 5) is 1.84. The number of benzene rings is 2. The van der Waals surface area contributed by atoms with E-state index in [9.17, 15) is 0 Å². The first kappa shape index (κ1) is 14.7. The summed E-state index contributed by atoms with van der Waals surface area (Å²) in [7, 11) is 0. The fourth-order valence-corrected chi connectivity index (χ4v) is 2.07. The molecule has 0 aliphatic carbocycles. The van der Waals surface area contributed by atoms with Crippen LogP contribution >= 0.6 is 11.6 Å². The normalized spacial score (nSPS) is 9.29. The van der Waals surface area contributed by atoms with Crippen LogP contribution in [-0.2, 0) is 6.54 Å². The highest BCUT2D eigenvalue weighted by molar-refractivity contribution is 6.30. The van der Waals surface area contributed by atoms with E-state index in [-0.39, 0.29) is 5.57 Å². The molecule has 2 aromatic carbocycles. The Morgan fingerprint density at radius 2 is 1.76 bits per heavy atom. The van der Waals surface area contributed by atoms with Crippen LogP contribution in [0.5, 0.6) is 0 Å². The minimum absolute atomic E-state index is 0.0471. The molecule has 21 heavy (non-hydrogen) atoms. The second-order valence-electron chi connectivity index (χ2n) is 4.36. The van der Waals surface area contributed by atoms with Crippen molar-refractivity contribution in [2.24, 2.45) is 0 Å². The van der Waals surface area contributed by atoms with Crippen LogP contribution in [-0.4, -0.2) is 0 Å². The maximum Gasteiger partial charge on any atom is 0.145 e. The van der Waals surface area contributed by atoms with E-state index in [1.165, 1.54) is 0 Å². The molecule has 3 nitrogen and oxygen atoms in total. The van der Waals surface area contributed by atoms with Crippen LogP contribution in [0.3, 0.4) is 0 Å². The Hall–Kier alpha value is -2.75. The summed E-state index contributed by atoms with van der Waals surface area (Å²) >= 11 is 6.02. The third-order valence-electron chi connectivity index (χ3n) is 2.86. The molecule has 0 fully saturated rings. The monoisotopic (exact) mass is 293 g/mol. The molecular formula is C17H12ClN3. The van der Waals surface area contributed by atoms with E-state index >= 15 is 0 Å². The van der Waals surface area contributed by atoms with Crippen LogP contribution in [0, 0.1) is 22.7 Å². The van der Waals surface area contributed by atoms with Crippen LogP contribution in [0.15, 0.2) is 66.4 Å². The first-order chi connectivity index (χ1) is 10.2. The van der Waals surface area contributed by atoms with E-state index in [1.807, 2.05) is 59.5 Å². The largest absolute Gasteiger partial charge is 0.341 e. The fourth-order valence-electron chi connectivity index (χ4n) is 1.88. The molecule has 0 unspecified atom stereocenters. The van der Waals surface area contributed by atoms with Crippen molar-refractivity contribution in [3.63, 3.8) is 0 Å². The highest BCUT2D eigenvalue weighted by Crippen LogP contribution is 2.22. The number of allylic oxidation sites excluding steroid dienone is 1. The van der Waals surface area contributed by atoms with Gasteiger partial charge in [-0.25, -0.2) is 0 Å². The van der Waals surface area contributed by atoms with Crippen molar-refractivity contribution in [3.05, 3.63) is 77.0 Å². The van der Waals surface area contributed by atoms with Gasteiger partial charge < -0.3 is 4.90 Å². The van der Waals surface area contributed by atoms with E-state index in [0.717, 1.165) is 11.3 Å². The number of anilines is 1. The van der Waals surface area contributed by atoms with Gasteiger partial charge in [0, 0.05) is 23.5 Å². The van der Waals surface area contributed by atoms with E-state index in [2.05, 4.69) is 0 Å². The minimum Gasteiger partial charge on any atom is -0.341 e. The average Bonchev–Trinajstić information content (AvgIpc) is 2.52. The number of rotatable bonds is 4. The molecule has 4 heteroatoms. The summed E-state index contributed by atoms with van der Waals surface area (Å²) in [5.41, 5.74) is 1.95. The predicted octanol–water partition coefficient (Wildman–Crippen LogP) is 4.28. The average molecular weight is 294 g/mol. The van der Waals surface area contributed by atoms with Gasteiger partial charge in [-0.3, -0.25) is 0 Å². The van der Waals surface area contributed by atoms with E-state index in [1.54, 1.807) is 18.3 Å². The molecule has 0 heterocycles. The molecule has 0 bridgehead atoms. The Kier molecular flexibility index (Phi) is 4.99. The lowest BCUT2D eigenvalue weighted by atomic mass is 10.2. The molecule has 0 saturated carbocycles. The molecule has 2 rings (SSSR count). The summed E-state index contributed by atoms with van der Waals surface area (Å²) in [5.74, 6) is 0. The van der Waals surface area contributed by atoms with Crippen molar-refractivity contribution in [1.82, 2.24) is 0 Å². The second-order valence-corrected chi connectivity index (χ2v) is 4.80. The summed E-state index contributed by atoms with van der Waals surface area (Å²) in [6.45, 7) is 0.550. The zero-order chi connectivity index (χ0) is 15.1. The van der Waals surface area contributed by atoms with Crippen molar-refractivity contribution in [1.29, 1.82) is 10.5 Å². The number of halogens is 1. The summed E-state index contributed by atoms with van der Waals surface area (Å²) < 4.78 is 0. The Morgan fingerprint density at radius 3 is 2.38 bits per heavy atom. The minimum atomic E-state index is 0.0471. The molecule has 2 aromatic rings. The third-order valence-corrected chi connectivity index (χ3v) is 3.10. The molecule has 0 radical (unpaired) electrons. The van der Waals surface area contributed by atoms with Crippen LogP contribution in [0.2, 0.25) is 5.02 Å². The number of nitriles is 2. The molecule has 0 aliphatic rings. The van der Waals surface area contributed by atoms with Crippen molar-refractivity contribution in [2.75, 3.05) is 4.90 Å². The highest BCUT2D eigenvalue weighted by atomic mass is 35.5. The lowest BCUT2D eigenvalue weighted by molar-refractivity contribution is 0.964. The Labute approximate surface area is 128 Å². The number of hydrogen-bond donors (Lipinski definition) is 0. The van der Waals surface area contributed by atoms with Crippen LogP contribution in [0.25, 0.3) is 0 Å². The summed E-state index contributed by atoms with van der Waals surface area (Å²) in [6.07, 6.45) is 1.54. The summed E-state index contributed by atoms with van der Waals surface area (Å²) in [6, 6.07) is 20.9. The highest BCUT2D eigenvalue weighted by Gasteiger charge is 2.07. The number of nitrogens with zero attached hydrogens (tertiary/aromatic N) is 3. The van der Waals surface area contributed by atoms with Crippen LogP contribution in [0.4, 0.5) is 5.69 Å². The van der Waals surface area contributed by atoms with Crippen LogP contribution in [0.1, 0.15) is 5.56 Å². The van der Waals surface area contributed by atoms with Gasteiger partial charge in [-0.2, -0.15) is 10.5 Å². The number of hydrogen-bond acceptors (Lipinski definition) is 3. The van der Waals surface area contributed by atoms with Crippen molar-refractivity contribution < 1.29 is 0 Å². The molecule has 102 valence electrons. The van der Waals surface area contributed by atoms with Crippen molar-refractivity contribution in [3.8, 4) is 12.1 Å². The first-order valence-corrected chi connectivity index (χ1v) is 6.69. The second kappa shape index (κ2) is 7.14. The zero-order valence-electron chi connectivity index (χ0n) is 11.2. The van der Waals surface area contributed by atoms with Gasteiger partial charge in [0.25, 0.3) is 0 Å². The van der Waals surface area contributed by atoms with E-state index in [4.69, 9.17) is 22.1 Å². The predicted molar refractivity (Wildman–Crippen MR) is 83.4 cm³/mol. The first-order valence-electron chi connectivity index (χ1n) is 6.31. The van der Waals surface area contributed by atoms with Crippen LogP contribution < -0.4 is 4.90 Å². The molecular weight excluding hydrogens is 282 g/mol. The Balaban J connectivity index is 2.38. The Bertz CT molecular complexity index is 708. The molecule has 0 amide bonds. The molecule has 0 aromatic heterocycles. The van der Waals surface area contributed by atoms with Gasteiger partial charge in [0.15, 0.2) is 0 Å². The van der Waals surface area contributed by atoms with Crippen molar-refractivity contribution >= 4 is 17.3 Å². The molecule has 0 atom stereocenters. The molecule has 0 spiro atoms. The van der Waals surface area contributed by atoms with Gasteiger partial charge in [-0.05, 0) is 23.8 Å². The van der Waals surface area contributed by atoms with Gasteiger partial charge in [0.2, 0.25) is 0 Å². The van der Waals surface area contributed by atoms with Gasteiger partial charge in [-0.1, -0.05) is 48.0 Å². The Morgan fingerprint density at radius 1 is 1.05 bits per heavy atom. The van der Waals surface area contributed by atoms with E-state index in [0.29, 0.717) is 11.6 Å². The lowest BCUT2D eigenvalue weighted by Crippen LogP contribution is -2.16. The third kappa shape index (κ3) is 4.11. The van der Waals surface area contributed by atoms with Crippen molar-refractivity contribution in [2.45, 2.75) is 6.54 Å². The van der Waals surface area contributed by atoms with E-state index < -0.39 is 0 Å². The fraction of sp³-hybridized carbons (Fsp3) is 0.0588. The summed E-state index contributed by atoms with van der Waals surface area (Å²) in [5, 5.41) is 18.5. The topological polar surface area (TPSA) is 50.8 Å². The van der Waals surface area contributed by atoms with Gasteiger partial charge in [0.05, 0.1) is 0 Å². The SMILES string of the molecule is N#CC(C#N)=CN(Cc1ccccc1)c1cccc(Cl)c1. The molecule has 0 N–H and O–H groups in total. The quantitative estimate of drug-likeness (QED) is 0.791. The molecule has 0 saturated heterocycles. The lowest BCUT2D eigenvalue weighted by Gasteiger charge is -2.21. The smallest absolute Gasteiger partial charge is 0.145 e. The zero-order valence-corrected chi connectivity index (χ0v) is 12.0. The van der Waals surface area contributed by atoms with Gasteiger partial charge >= 0.3 is 0 Å². The molecule has 0 aliphatic heterocycles. The maximum absolute atomic E-state index is 8.95. The standard InChI is InChI=1S/C17H12ClN3/c18-16-7-4-8-17(9-16)21(13-15(10-19)11-20)12-14-5-2-1-3-6-14/h1-9,13H,12H2.